The number of rotatable bonds is 6. The first-order valence-corrected chi connectivity index (χ1v) is 9.38. The number of oxazole rings is 1. The van der Waals surface area contributed by atoms with E-state index in [-0.39, 0.29) is 11.8 Å². The molecule has 1 heterocycles. The fraction of sp³-hybridized carbons (Fsp3) is 0.474. The fourth-order valence-electron chi connectivity index (χ4n) is 1.90. The van der Waals surface area contributed by atoms with E-state index in [4.69, 9.17) is 20.8 Å². The van der Waals surface area contributed by atoms with E-state index in [0.29, 0.717) is 12.4 Å². The van der Waals surface area contributed by atoms with Crippen LogP contribution in [0.15, 0.2) is 27.7 Å². The highest BCUT2D eigenvalue weighted by Crippen LogP contribution is 2.22. The summed E-state index contributed by atoms with van der Waals surface area (Å²) < 4.78 is 10.1. The van der Waals surface area contributed by atoms with Crippen molar-refractivity contribution < 1.29 is 13.9 Å². The number of carbonyl (C=O) groups is 1. The van der Waals surface area contributed by atoms with E-state index in [1.54, 1.807) is 13.8 Å². The van der Waals surface area contributed by atoms with Gasteiger partial charge in [0.1, 0.15) is 6.26 Å². The predicted molar refractivity (Wildman–Crippen MR) is 107 cm³/mol. The summed E-state index contributed by atoms with van der Waals surface area (Å²) >= 11 is 10.1. The molecule has 0 aliphatic rings. The lowest BCUT2D eigenvalue weighted by Gasteiger charge is -2.04. The van der Waals surface area contributed by atoms with Gasteiger partial charge >= 0.3 is 5.97 Å². The van der Waals surface area contributed by atoms with Crippen LogP contribution in [-0.4, -0.2) is 23.6 Å². The number of nitrogens with zero attached hydrogens (tertiary/aromatic N) is 1. The normalized spacial score (nSPS) is 10.5. The number of thiol groups is 1. The lowest BCUT2D eigenvalue weighted by Crippen LogP contribution is -2.15. The number of nitrogens with one attached hydrogen (secondary N) is 1. The minimum Gasteiger partial charge on any atom is -0.458 e. The first kappa shape index (κ1) is 22.5. The fourth-order valence-corrected chi connectivity index (χ4v) is 2.37. The number of esters is 1. The molecule has 1 N–H and O–H groups in total. The molecule has 2 rings (SSSR count). The second-order valence-electron chi connectivity index (χ2n) is 6.15. The molecule has 0 spiro atoms. The largest absolute Gasteiger partial charge is 0.458 e. The lowest BCUT2D eigenvalue weighted by atomic mass is 10.2. The number of hydrogen-bond acceptors (Lipinski definition) is 6. The monoisotopic (exact) mass is 398 g/mol. The van der Waals surface area contributed by atoms with Gasteiger partial charge in [0.25, 0.3) is 0 Å². The van der Waals surface area contributed by atoms with Crippen LogP contribution in [0, 0.1) is 13.8 Å². The summed E-state index contributed by atoms with van der Waals surface area (Å²) in [4.78, 5) is 16.5. The van der Waals surface area contributed by atoms with Gasteiger partial charge in [0, 0.05) is 9.92 Å². The highest BCUT2D eigenvalue weighted by Gasteiger charge is 2.14. The smallest absolute Gasteiger partial charge is 0.360 e. The second-order valence-corrected chi connectivity index (χ2v) is 7.03. The maximum absolute atomic E-state index is 11.4. The van der Waals surface area contributed by atoms with Crippen LogP contribution in [0.1, 0.15) is 54.7 Å². The Morgan fingerprint density at radius 3 is 2.62 bits per heavy atom. The van der Waals surface area contributed by atoms with E-state index in [1.807, 2.05) is 26.0 Å². The first-order valence-electron chi connectivity index (χ1n) is 8.56. The molecule has 2 aromatic rings. The van der Waals surface area contributed by atoms with Gasteiger partial charge in [-0.05, 0) is 63.9 Å². The van der Waals surface area contributed by atoms with Crippen molar-refractivity contribution >= 4 is 30.2 Å². The molecule has 0 radical (unpaired) electrons. The zero-order valence-corrected chi connectivity index (χ0v) is 17.6. The molecule has 0 saturated carbocycles. The van der Waals surface area contributed by atoms with Crippen LogP contribution in [0.2, 0.25) is 5.02 Å². The maximum atomic E-state index is 11.4. The number of carbonyl (C=O) groups excluding carboxylic acids is 1. The van der Waals surface area contributed by atoms with Gasteiger partial charge in [0.2, 0.25) is 5.89 Å². The van der Waals surface area contributed by atoms with Crippen LogP contribution in [0.5, 0.6) is 0 Å². The van der Waals surface area contributed by atoms with Gasteiger partial charge in [0.15, 0.2) is 5.69 Å². The molecule has 0 saturated heterocycles. The highest BCUT2D eigenvalue weighted by atomic mass is 35.5. The zero-order chi connectivity index (χ0) is 19.7. The van der Waals surface area contributed by atoms with Crippen LogP contribution in [0.3, 0.4) is 0 Å². The summed E-state index contributed by atoms with van der Waals surface area (Å²) in [5.74, 6) is 0.0599. The molecule has 7 heteroatoms. The predicted octanol–water partition coefficient (Wildman–Crippen LogP) is 4.98. The first-order chi connectivity index (χ1) is 12.2. The third-order valence-corrected chi connectivity index (χ3v) is 4.17. The van der Waals surface area contributed by atoms with Gasteiger partial charge in [-0.2, -0.15) is 0 Å². The molecule has 0 aliphatic carbocycles. The molecular formula is C19H27ClN2O3S. The Balaban J connectivity index is 0.000000289. The molecule has 0 aliphatic heterocycles. The van der Waals surface area contributed by atoms with Gasteiger partial charge < -0.3 is 14.5 Å². The molecule has 0 atom stereocenters. The van der Waals surface area contributed by atoms with Crippen molar-refractivity contribution in [2.75, 3.05) is 6.54 Å². The number of aryl methyl sites for hydroxylation is 2. The molecule has 0 fully saturated rings. The third kappa shape index (κ3) is 7.81. The summed E-state index contributed by atoms with van der Waals surface area (Å²) in [5.41, 5.74) is 2.43. The molecule has 0 bridgehead atoms. The molecule has 0 amide bonds. The topological polar surface area (TPSA) is 64.4 Å². The van der Waals surface area contributed by atoms with Crippen LogP contribution in [-0.2, 0) is 11.3 Å². The number of hydrogen-bond donors (Lipinski definition) is 2. The molecule has 1 aromatic carbocycles. The summed E-state index contributed by atoms with van der Waals surface area (Å²) in [7, 11) is 0. The van der Waals surface area contributed by atoms with Gasteiger partial charge in [-0.1, -0.05) is 18.5 Å². The average Bonchev–Trinajstić information content (AvgIpc) is 3.02. The highest BCUT2D eigenvalue weighted by molar-refractivity contribution is 7.80. The minimum absolute atomic E-state index is 0.147. The van der Waals surface area contributed by atoms with Crippen molar-refractivity contribution in [2.24, 2.45) is 0 Å². The van der Waals surface area contributed by atoms with Crippen molar-refractivity contribution in [3.05, 3.63) is 46.1 Å². The van der Waals surface area contributed by atoms with E-state index in [9.17, 15) is 4.79 Å². The van der Waals surface area contributed by atoms with Crippen molar-refractivity contribution in [1.29, 1.82) is 0 Å². The Bertz CT molecular complexity index is 667. The minimum atomic E-state index is -0.444. The Kier molecular flexibility index (Phi) is 9.76. The van der Waals surface area contributed by atoms with E-state index >= 15 is 0 Å². The van der Waals surface area contributed by atoms with Gasteiger partial charge in [-0.25, -0.2) is 9.78 Å². The number of benzene rings is 1. The molecular weight excluding hydrogens is 372 g/mol. The lowest BCUT2D eigenvalue weighted by molar-refractivity contribution is 0.0371. The zero-order valence-electron chi connectivity index (χ0n) is 15.9. The van der Waals surface area contributed by atoms with Gasteiger partial charge in [-0.15, -0.1) is 12.6 Å². The number of ether oxygens (including phenoxy) is 1. The van der Waals surface area contributed by atoms with E-state index in [1.165, 1.54) is 6.26 Å². The van der Waals surface area contributed by atoms with E-state index in [2.05, 4.69) is 29.9 Å². The Labute approximate surface area is 165 Å². The van der Waals surface area contributed by atoms with Crippen LogP contribution >= 0.6 is 24.2 Å². The average molecular weight is 399 g/mol. The SMILES string of the molecule is CCCNCc1nc(C(=O)OC(C)C)co1.Cc1cc(Cl)c(C)cc1S. The third-order valence-electron chi connectivity index (χ3n) is 3.28. The van der Waals surface area contributed by atoms with Crippen molar-refractivity contribution in [3.63, 3.8) is 0 Å². The second kappa shape index (κ2) is 11.3. The summed E-state index contributed by atoms with van der Waals surface area (Å²) in [6.07, 6.45) is 2.22. The Hall–Kier alpha value is -1.50. The van der Waals surface area contributed by atoms with Crippen LogP contribution in [0.25, 0.3) is 0 Å². The summed E-state index contributed by atoms with van der Waals surface area (Å²) in [6, 6.07) is 3.90. The van der Waals surface area contributed by atoms with Gasteiger partial charge in [-0.3, -0.25) is 0 Å². The number of aromatic nitrogens is 1. The molecule has 0 unspecified atom stereocenters. The Morgan fingerprint density at radius 2 is 2.04 bits per heavy atom. The molecule has 1 aromatic heterocycles. The molecule has 26 heavy (non-hydrogen) atoms. The van der Waals surface area contributed by atoms with Gasteiger partial charge in [0.05, 0.1) is 12.6 Å². The van der Waals surface area contributed by atoms with Crippen molar-refractivity contribution in [2.45, 2.75) is 58.6 Å². The van der Waals surface area contributed by atoms with Crippen molar-refractivity contribution in [1.82, 2.24) is 10.3 Å². The Morgan fingerprint density at radius 1 is 1.35 bits per heavy atom. The quantitative estimate of drug-likeness (QED) is 0.408. The van der Waals surface area contributed by atoms with Crippen LogP contribution in [0.4, 0.5) is 0 Å². The van der Waals surface area contributed by atoms with Crippen molar-refractivity contribution in [3.8, 4) is 0 Å². The van der Waals surface area contributed by atoms with Crippen LogP contribution < -0.4 is 5.32 Å². The maximum Gasteiger partial charge on any atom is 0.360 e. The molecule has 5 nitrogen and oxygen atoms in total. The van der Waals surface area contributed by atoms with E-state index < -0.39 is 5.97 Å². The standard InChI is InChI=1S/C11H18N2O3.C8H9ClS/c1-4-5-12-6-10-13-9(7-15-10)11(14)16-8(2)3;1-5-4-8(10)6(2)3-7(5)9/h7-8,12H,4-6H2,1-3H3;3-4,10H,1-2H3. The van der Waals surface area contributed by atoms with E-state index in [0.717, 1.165) is 34.0 Å². The summed E-state index contributed by atoms with van der Waals surface area (Å²) in [5, 5.41) is 3.95. The molecule has 144 valence electrons. The number of halogens is 1. The summed E-state index contributed by atoms with van der Waals surface area (Å²) in [6.45, 7) is 11.1.